The average molecular weight is 516 g/mol. The van der Waals surface area contributed by atoms with Gasteiger partial charge < -0.3 is 14.6 Å². The van der Waals surface area contributed by atoms with E-state index in [1.807, 2.05) is 13.8 Å². The number of amides is 2. The Labute approximate surface area is 217 Å². The molecule has 202 valence electrons. The molecule has 0 spiro atoms. The molecule has 1 aliphatic rings. The molecule has 0 aromatic heterocycles. The molecule has 1 aliphatic heterocycles. The Morgan fingerprint density at radius 3 is 2.38 bits per heavy atom. The number of rotatable bonds is 15. The molecular formula is C28H37NO8. The molecule has 1 N–H and O–H groups in total. The molecule has 1 heterocycles. The van der Waals surface area contributed by atoms with Crippen LogP contribution in [0.5, 0.6) is 0 Å². The molecule has 9 heteroatoms. The number of imide groups is 1. The third-order valence-corrected chi connectivity index (χ3v) is 6.23. The molecule has 2 rings (SSSR count). The number of aliphatic hydroxyl groups is 1. The second kappa shape index (κ2) is 15.0. The summed E-state index contributed by atoms with van der Waals surface area (Å²) in [6, 6.07) is 8.38. The number of unbranched alkanes of at least 4 members (excludes halogenated alkanes) is 3. The fourth-order valence-corrected chi connectivity index (χ4v) is 4.19. The predicted molar refractivity (Wildman–Crippen MR) is 135 cm³/mol. The summed E-state index contributed by atoms with van der Waals surface area (Å²) in [5.41, 5.74) is 0.711. The van der Waals surface area contributed by atoms with Crippen molar-refractivity contribution in [2.45, 2.75) is 71.4 Å². The van der Waals surface area contributed by atoms with Gasteiger partial charge >= 0.3 is 12.1 Å². The number of hydrogen-bond acceptors (Lipinski definition) is 8. The Morgan fingerprint density at radius 1 is 1.08 bits per heavy atom. The highest BCUT2D eigenvalue weighted by Crippen LogP contribution is 2.27. The third-order valence-electron chi connectivity index (χ3n) is 6.23. The minimum Gasteiger partial charge on any atom is -0.453 e. The number of aliphatic hydroxyl groups excluding tert-OH is 1. The number of hydrogen-bond donors (Lipinski definition) is 1. The summed E-state index contributed by atoms with van der Waals surface area (Å²) in [6.45, 7) is 4.99. The molecule has 3 atom stereocenters. The molecular weight excluding hydrogens is 478 g/mol. The van der Waals surface area contributed by atoms with E-state index in [4.69, 9.17) is 14.6 Å². The van der Waals surface area contributed by atoms with Crippen LogP contribution in [0.4, 0.5) is 4.79 Å². The highest BCUT2D eigenvalue weighted by molar-refractivity contribution is 6.04. The maximum absolute atomic E-state index is 13.7. The van der Waals surface area contributed by atoms with E-state index in [9.17, 15) is 24.0 Å². The molecule has 37 heavy (non-hydrogen) atoms. The lowest BCUT2D eigenvalue weighted by atomic mass is 9.89. The van der Waals surface area contributed by atoms with E-state index in [1.54, 1.807) is 30.3 Å². The first kappa shape index (κ1) is 29.9. The van der Waals surface area contributed by atoms with Crippen molar-refractivity contribution >= 4 is 29.5 Å². The standard InChI is InChI=1S/C28H37NO8/c1-19(2)24-18-36-28(35)29(24)27(34)23(17-21-11-7-6-8-12-21)26(37-20(3)31)25(33)15-14-22(32)13-9-4-5-10-16-30/h6-8,11-12,14-15,19,23-24,26,30H,4-5,9-10,13,16-18H2,1-3H3/t23-,24-,26+/m1/s1. The molecule has 0 unspecified atom stereocenters. The molecule has 2 amide bonds. The Hall–Kier alpha value is -3.33. The van der Waals surface area contributed by atoms with Crippen LogP contribution in [0.2, 0.25) is 0 Å². The van der Waals surface area contributed by atoms with E-state index >= 15 is 0 Å². The van der Waals surface area contributed by atoms with Gasteiger partial charge in [0.2, 0.25) is 5.91 Å². The van der Waals surface area contributed by atoms with Crippen LogP contribution in [0.15, 0.2) is 42.5 Å². The molecule has 9 nitrogen and oxygen atoms in total. The molecule has 1 aromatic rings. The van der Waals surface area contributed by atoms with Crippen molar-refractivity contribution in [1.29, 1.82) is 0 Å². The number of nitrogens with zero attached hydrogens (tertiary/aromatic N) is 1. The number of allylic oxidation sites excluding steroid dienone is 1. The van der Waals surface area contributed by atoms with E-state index in [0.717, 1.165) is 36.8 Å². The van der Waals surface area contributed by atoms with Gasteiger partial charge in [-0.05, 0) is 42.9 Å². The Kier molecular flexibility index (Phi) is 12.2. The van der Waals surface area contributed by atoms with Crippen molar-refractivity contribution in [3.63, 3.8) is 0 Å². The lowest BCUT2D eigenvalue weighted by Gasteiger charge is -2.30. The first-order valence-electron chi connectivity index (χ1n) is 12.7. The average Bonchev–Trinajstić information content (AvgIpc) is 3.26. The minimum atomic E-state index is -1.53. The number of benzene rings is 1. The zero-order chi connectivity index (χ0) is 27.4. The van der Waals surface area contributed by atoms with Gasteiger partial charge in [-0.3, -0.25) is 19.2 Å². The third kappa shape index (κ3) is 9.24. The largest absolute Gasteiger partial charge is 0.453 e. The molecule has 0 radical (unpaired) electrons. The topological polar surface area (TPSA) is 127 Å². The summed E-state index contributed by atoms with van der Waals surface area (Å²) in [5, 5.41) is 8.83. The van der Waals surface area contributed by atoms with Crippen molar-refractivity contribution in [3.8, 4) is 0 Å². The normalized spacial score (nSPS) is 17.1. The van der Waals surface area contributed by atoms with Gasteiger partial charge in [-0.1, -0.05) is 57.0 Å². The van der Waals surface area contributed by atoms with Gasteiger partial charge in [0.15, 0.2) is 17.7 Å². The van der Waals surface area contributed by atoms with Crippen molar-refractivity contribution in [2.24, 2.45) is 11.8 Å². The molecule has 0 aliphatic carbocycles. The van der Waals surface area contributed by atoms with E-state index < -0.39 is 41.8 Å². The highest BCUT2D eigenvalue weighted by Gasteiger charge is 2.46. The quantitative estimate of drug-likeness (QED) is 0.214. The summed E-state index contributed by atoms with van der Waals surface area (Å²) in [6.07, 6.45) is 2.98. The number of ketones is 2. The minimum absolute atomic E-state index is 0.0323. The summed E-state index contributed by atoms with van der Waals surface area (Å²) in [5.74, 6) is -3.72. The molecule has 0 saturated carbocycles. The first-order valence-corrected chi connectivity index (χ1v) is 12.7. The number of carbonyl (C=O) groups excluding carboxylic acids is 5. The van der Waals surface area contributed by atoms with Gasteiger partial charge in [0.1, 0.15) is 6.61 Å². The van der Waals surface area contributed by atoms with Crippen LogP contribution in [0.25, 0.3) is 0 Å². The van der Waals surface area contributed by atoms with Gasteiger partial charge in [0.05, 0.1) is 12.0 Å². The smallest absolute Gasteiger partial charge is 0.416 e. The van der Waals surface area contributed by atoms with Gasteiger partial charge in [-0.15, -0.1) is 0 Å². The van der Waals surface area contributed by atoms with Crippen molar-refractivity contribution in [2.75, 3.05) is 13.2 Å². The van der Waals surface area contributed by atoms with Crippen molar-refractivity contribution in [3.05, 3.63) is 48.0 Å². The van der Waals surface area contributed by atoms with E-state index in [1.165, 1.54) is 0 Å². The van der Waals surface area contributed by atoms with Crippen LogP contribution >= 0.6 is 0 Å². The fourth-order valence-electron chi connectivity index (χ4n) is 4.19. The maximum atomic E-state index is 13.7. The van der Waals surface area contributed by atoms with Crippen LogP contribution in [-0.2, 0) is 35.1 Å². The van der Waals surface area contributed by atoms with Crippen LogP contribution in [0.3, 0.4) is 0 Å². The summed E-state index contributed by atoms with van der Waals surface area (Å²) >= 11 is 0. The van der Waals surface area contributed by atoms with Crippen LogP contribution in [0, 0.1) is 11.8 Å². The van der Waals surface area contributed by atoms with E-state index in [0.29, 0.717) is 18.4 Å². The number of carbonyl (C=O) groups is 5. The van der Waals surface area contributed by atoms with Gasteiger partial charge in [-0.25, -0.2) is 9.69 Å². The van der Waals surface area contributed by atoms with Crippen molar-refractivity contribution in [1.82, 2.24) is 4.90 Å². The monoisotopic (exact) mass is 515 g/mol. The molecule has 1 aromatic carbocycles. The van der Waals surface area contributed by atoms with Gasteiger partial charge in [0.25, 0.3) is 0 Å². The molecule has 1 saturated heterocycles. The van der Waals surface area contributed by atoms with Gasteiger partial charge in [0, 0.05) is 20.0 Å². The first-order chi connectivity index (χ1) is 17.6. The fraction of sp³-hybridized carbons (Fsp3) is 0.536. The van der Waals surface area contributed by atoms with Crippen LogP contribution < -0.4 is 0 Å². The van der Waals surface area contributed by atoms with Crippen LogP contribution in [0.1, 0.15) is 58.4 Å². The lowest BCUT2D eigenvalue weighted by Crippen LogP contribution is -2.50. The SMILES string of the molecule is CC(=O)O[C@H](C(=O)C=CC(=O)CCCCCCO)[C@@H](Cc1ccccc1)C(=O)N1C(=O)OC[C@@H]1C(C)C. The lowest BCUT2D eigenvalue weighted by molar-refractivity contribution is -0.159. The number of esters is 1. The molecule has 0 bridgehead atoms. The molecule has 1 fully saturated rings. The van der Waals surface area contributed by atoms with Gasteiger partial charge in [-0.2, -0.15) is 0 Å². The maximum Gasteiger partial charge on any atom is 0.416 e. The summed E-state index contributed by atoms with van der Waals surface area (Å²) < 4.78 is 10.5. The Balaban J connectivity index is 2.30. The second-order valence-electron chi connectivity index (χ2n) is 9.51. The Morgan fingerprint density at radius 2 is 1.76 bits per heavy atom. The predicted octanol–water partition coefficient (Wildman–Crippen LogP) is 3.42. The Bertz CT molecular complexity index is 972. The van der Waals surface area contributed by atoms with Crippen LogP contribution in [-0.4, -0.2) is 64.9 Å². The second-order valence-corrected chi connectivity index (χ2v) is 9.51. The zero-order valence-corrected chi connectivity index (χ0v) is 21.8. The highest BCUT2D eigenvalue weighted by atomic mass is 16.6. The van der Waals surface area contributed by atoms with E-state index in [-0.39, 0.29) is 37.8 Å². The zero-order valence-electron chi connectivity index (χ0n) is 21.8. The number of ether oxygens (including phenoxy) is 2. The summed E-state index contributed by atoms with van der Waals surface area (Å²) in [7, 11) is 0. The van der Waals surface area contributed by atoms with E-state index in [2.05, 4.69) is 0 Å². The number of cyclic esters (lactones) is 1. The summed E-state index contributed by atoms with van der Waals surface area (Å²) in [4.78, 5) is 64.7. The van der Waals surface area contributed by atoms with Crippen molar-refractivity contribution < 1.29 is 38.6 Å².